The van der Waals surface area contributed by atoms with Gasteiger partial charge in [0.25, 0.3) is 0 Å². The normalized spacial score (nSPS) is 15.7. The highest BCUT2D eigenvalue weighted by atomic mass is 16.6. The van der Waals surface area contributed by atoms with Crippen LogP contribution in [0.2, 0.25) is 0 Å². The van der Waals surface area contributed by atoms with Gasteiger partial charge in [-0.3, -0.25) is 10.1 Å². The molecule has 0 aliphatic carbocycles. The minimum atomic E-state index is -0.983. The minimum absolute atomic E-state index is 0.0339. The van der Waals surface area contributed by atoms with Gasteiger partial charge in [-0.2, -0.15) is 0 Å². The van der Waals surface area contributed by atoms with Crippen molar-refractivity contribution in [1.29, 1.82) is 0 Å². The third kappa shape index (κ3) is 4.93. The Kier molecular flexibility index (Phi) is 5.93. The van der Waals surface area contributed by atoms with Crippen molar-refractivity contribution in [3.05, 3.63) is 39.4 Å². The van der Waals surface area contributed by atoms with Crippen LogP contribution in [0.15, 0.2) is 23.8 Å². The molecule has 9 nitrogen and oxygen atoms in total. The zero-order chi connectivity index (χ0) is 18.4. The number of methoxy groups -OCH3 is 1. The summed E-state index contributed by atoms with van der Waals surface area (Å²) in [5, 5.41) is 20.3. The van der Waals surface area contributed by atoms with Gasteiger partial charge in [-0.25, -0.2) is 9.59 Å². The number of piperidine rings is 1. The number of benzene rings is 1. The zero-order valence-corrected chi connectivity index (χ0v) is 13.6. The fourth-order valence-electron chi connectivity index (χ4n) is 2.50. The Morgan fingerprint density at radius 1 is 1.44 bits per heavy atom. The van der Waals surface area contributed by atoms with Gasteiger partial charge < -0.3 is 19.5 Å². The number of rotatable bonds is 5. The van der Waals surface area contributed by atoms with Crippen LogP contribution in [-0.2, 0) is 9.53 Å². The fourth-order valence-corrected chi connectivity index (χ4v) is 2.50. The van der Waals surface area contributed by atoms with Gasteiger partial charge in [0.05, 0.1) is 12.0 Å². The highest BCUT2D eigenvalue weighted by Crippen LogP contribution is 2.29. The molecule has 0 saturated carbocycles. The summed E-state index contributed by atoms with van der Waals surface area (Å²) in [6.07, 6.45) is 2.20. The van der Waals surface area contributed by atoms with Crippen LogP contribution in [0, 0.1) is 10.1 Å². The number of esters is 1. The molecule has 1 aliphatic rings. The van der Waals surface area contributed by atoms with E-state index in [1.807, 2.05) is 0 Å². The van der Waals surface area contributed by atoms with Crippen molar-refractivity contribution in [1.82, 2.24) is 4.90 Å². The van der Waals surface area contributed by atoms with E-state index in [-0.39, 0.29) is 18.0 Å². The Morgan fingerprint density at radius 2 is 2.20 bits per heavy atom. The van der Waals surface area contributed by atoms with E-state index < -0.39 is 23.6 Å². The smallest absolute Gasteiger partial charge is 0.407 e. The van der Waals surface area contributed by atoms with Crippen molar-refractivity contribution >= 4 is 23.8 Å². The minimum Gasteiger partial charge on any atom is -0.475 e. The lowest BCUT2D eigenvalue weighted by Gasteiger charge is -2.26. The van der Waals surface area contributed by atoms with Gasteiger partial charge >= 0.3 is 17.7 Å². The Labute approximate surface area is 143 Å². The lowest BCUT2D eigenvalue weighted by atomic mass is 10.0. The number of nitrogens with zero attached hydrogens (tertiary/aromatic N) is 2. The highest BCUT2D eigenvalue weighted by molar-refractivity contribution is 5.71. The molecule has 134 valence electrons. The molecule has 0 bridgehead atoms. The number of likely N-dealkylation sites (tertiary alicyclic amines) is 1. The standard InChI is InChI=1S/C16H18N2O7/c1-24-15(19)10-25-14-5-4-11(8-13(14)18(22)23)7-12-3-2-6-17(9-12)16(20)21/h4-5,7-8H,2-3,6,9-10H2,1H3,(H,20,21)/b12-7-. The first-order chi connectivity index (χ1) is 11.9. The molecule has 0 atom stereocenters. The van der Waals surface area contributed by atoms with Gasteiger partial charge in [-0.1, -0.05) is 17.7 Å². The molecule has 1 aromatic carbocycles. The maximum absolute atomic E-state index is 11.2. The lowest BCUT2D eigenvalue weighted by Crippen LogP contribution is -2.35. The molecule has 0 aromatic heterocycles. The van der Waals surface area contributed by atoms with E-state index >= 15 is 0 Å². The van der Waals surface area contributed by atoms with Crippen molar-refractivity contribution in [2.24, 2.45) is 0 Å². The summed E-state index contributed by atoms with van der Waals surface area (Å²) in [6.45, 7) is 0.336. The first-order valence-corrected chi connectivity index (χ1v) is 7.56. The molecule has 1 aliphatic heterocycles. The summed E-state index contributed by atoms with van der Waals surface area (Å²) < 4.78 is 9.55. The van der Waals surface area contributed by atoms with Gasteiger partial charge in [0.2, 0.25) is 0 Å². The van der Waals surface area contributed by atoms with E-state index in [1.54, 1.807) is 12.1 Å². The maximum Gasteiger partial charge on any atom is 0.407 e. The summed E-state index contributed by atoms with van der Waals surface area (Å²) in [6, 6.07) is 4.36. The summed E-state index contributed by atoms with van der Waals surface area (Å²) in [5.74, 6) is -0.676. The molecule has 2 rings (SSSR count). The molecule has 1 fully saturated rings. The average Bonchev–Trinajstić information content (AvgIpc) is 2.60. The average molecular weight is 350 g/mol. The molecule has 0 radical (unpaired) electrons. The van der Waals surface area contributed by atoms with Crippen LogP contribution in [0.5, 0.6) is 5.75 Å². The Hall–Kier alpha value is -3.10. The predicted molar refractivity (Wildman–Crippen MR) is 87.4 cm³/mol. The van der Waals surface area contributed by atoms with Gasteiger partial charge in [0, 0.05) is 19.2 Å². The van der Waals surface area contributed by atoms with Crippen molar-refractivity contribution < 1.29 is 29.1 Å². The molecule has 0 unspecified atom stereocenters. The summed E-state index contributed by atoms with van der Waals surface area (Å²) in [7, 11) is 1.19. The number of ether oxygens (including phenoxy) is 2. The lowest BCUT2D eigenvalue weighted by molar-refractivity contribution is -0.385. The predicted octanol–water partition coefficient (Wildman–Crippen LogP) is 2.30. The maximum atomic E-state index is 11.2. The van der Waals surface area contributed by atoms with Crippen LogP contribution in [0.25, 0.3) is 6.08 Å². The van der Waals surface area contributed by atoms with E-state index in [1.165, 1.54) is 24.1 Å². The molecule has 1 aromatic rings. The SMILES string of the molecule is COC(=O)COc1ccc(/C=C2/CCCN(C(=O)O)C2)cc1[N+](=O)[O-]. The van der Waals surface area contributed by atoms with Crippen LogP contribution >= 0.6 is 0 Å². The van der Waals surface area contributed by atoms with Crippen molar-refractivity contribution in [2.75, 3.05) is 26.8 Å². The summed E-state index contributed by atoms with van der Waals surface area (Å²) >= 11 is 0. The van der Waals surface area contributed by atoms with Gasteiger partial charge in [0.15, 0.2) is 12.4 Å². The summed E-state index contributed by atoms with van der Waals surface area (Å²) in [5.41, 5.74) is 1.18. The number of carboxylic acid groups (broad SMARTS) is 1. The van der Waals surface area contributed by atoms with E-state index in [2.05, 4.69) is 4.74 Å². The highest BCUT2D eigenvalue weighted by Gasteiger charge is 2.20. The largest absolute Gasteiger partial charge is 0.475 e. The number of amides is 1. The van der Waals surface area contributed by atoms with Crippen LogP contribution in [-0.4, -0.2) is 53.8 Å². The topological polar surface area (TPSA) is 119 Å². The van der Waals surface area contributed by atoms with Gasteiger partial charge in [-0.15, -0.1) is 0 Å². The monoisotopic (exact) mass is 350 g/mol. The second-order valence-corrected chi connectivity index (χ2v) is 5.46. The molecule has 1 amide bonds. The van der Waals surface area contributed by atoms with Crippen molar-refractivity contribution in [2.45, 2.75) is 12.8 Å². The van der Waals surface area contributed by atoms with Gasteiger partial charge in [0.1, 0.15) is 0 Å². The second-order valence-electron chi connectivity index (χ2n) is 5.46. The second kappa shape index (κ2) is 8.13. The van der Waals surface area contributed by atoms with Crippen LogP contribution in [0.3, 0.4) is 0 Å². The first kappa shape index (κ1) is 18.2. The number of hydrogen-bond donors (Lipinski definition) is 1. The fraction of sp³-hybridized carbons (Fsp3) is 0.375. The number of hydrogen-bond acceptors (Lipinski definition) is 6. The molecule has 1 N–H and O–H groups in total. The Bertz CT molecular complexity index is 714. The van der Waals surface area contributed by atoms with Crippen LogP contribution in [0.1, 0.15) is 18.4 Å². The third-order valence-corrected chi connectivity index (χ3v) is 3.71. The molecule has 1 saturated heterocycles. The van der Waals surface area contributed by atoms with Crippen molar-refractivity contribution in [3.63, 3.8) is 0 Å². The quantitative estimate of drug-likeness (QED) is 0.491. The summed E-state index contributed by atoms with van der Waals surface area (Å²) in [4.78, 5) is 34.1. The molecular formula is C16H18N2O7. The molecule has 25 heavy (non-hydrogen) atoms. The first-order valence-electron chi connectivity index (χ1n) is 7.56. The number of nitro benzene ring substituents is 1. The van der Waals surface area contributed by atoms with Gasteiger partial charge in [-0.05, 0) is 24.5 Å². The molecule has 1 heterocycles. The van der Waals surface area contributed by atoms with E-state index in [0.717, 1.165) is 12.0 Å². The van der Waals surface area contributed by atoms with E-state index in [9.17, 15) is 19.7 Å². The molecule has 9 heteroatoms. The number of carbonyl (C=O) groups is 2. The Morgan fingerprint density at radius 3 is 2.84 bits per heavy atom. The number of nitro groups is 1. The van der Waals surface area contributed by atoms with Crippen molar-refractivity contribution in [3.8, 4) is 5.75 Å². The molecule has 0 spiro atoms. The van der Waals surface area contributed by atoms with Crippen LogP contribution in [0.4, 0.5) is 10.5 Å². The van der Waals surface area contributed by atoms with E-state index in [4.69, 9.17) is 9.84 Å². The van der Waals surface area contributed by atoms with Crippen LogP contribution < -0.4 is 4.74 Å². The van der Waals surface area contributed by atoms with E-state index in [0.29, 0.717) is 18.5 Å². The Balaban J connectivity index is 2.20. The zero-order valence-electron chi connectivity index (χ0n) is 13.6. The molecular weight excluding hydrogens is 332 g/mol. The third-order valence-electron chi connectivity index (χ3n) is 3.71. The number of carbonyl (C=O) groups excluding carboxylic acids is 1.